The number of aromatic nitrogens is 4. The quantitative estimate of drug-likeness (QED) is 0.239. The van der Waals surface area contributed by atoms with Gasteiger partial charge in [0.2, 0.25) is 19.5 Å². The van der Waals surface area contributed by atoms with Crippen molar-refractivity contribution in [1.82, 2.24) is 19.5 Å². The van der Waals surface area contributed by atoms with E-state index in [2.05, 4.69) is 15.0 Å². The minimum atomic E-state index is -4.01. The van der Waals surface area contributed by atoms with Crippen molar-refractivity contribution in [3.8, 4) is 0 Å². The number of carbonyl (C=O) groups is 2. The summed E-state index contributed by atoms with van der Waals surface area (Å²) in [6, 6.07) is 0. The van der Waals surface area contributed by atoms with Crippen LogP contribution >= 0.6 is 7.60 Å². The molecule has 1 aliphatic carbocycles. The summed E-state index contributed by atoms with van der Waals surface area (Å²) in [5, 5.41) is 0. The van der Waals surface area contributed by atoms with Gasteiger partial charge in [-0.2, -0.15) is 9.97 Å². The topological polar surface area (TPSA) is 193 Å². The molecule has 1 aliphatic rings. The molecule has 206 valence electrons. The van der Waals surface area contributed by atoms with E-state index in [-0.39, 0.29) is 11.8 Å². The molecule has 1 fully saturated rings. The second-order valence-electron chi connectivity index (χ2n) is 10.9. The molecule has 0 saturated heterocycles. The lowest BCUT2D eigenvalue weighted by Gasteiger charge is -2.24. The van der Waals surface area contributed by atoms with Gasteiger partial charge >= 0.3 is 19.5 Å². The summed E-state index contributed by atoms with van der Waals surface area (Å²) in [6.45, 7) is 9.08. The zero-order valence-corrected chi connectivity index (χ0v) is 22.9. The molecule has 0 unspecified atom stereocenters. The molecule has 0 atom stereocenters. The smallest absolute Gasteiger partial charge is 0.361 e. The van der Waals surface area contributed by atoms with Gasteiger partial charge in [-0.15, -0.1) is 0 Å². The van der Waals surface area contributed by atoms with E-state index in [1.165, 1.54) is 0 Å². The zero-order valence-electron chi connectivity index (χ0n) is 22.0. The fourth-order valence-corrected chi connectivity index (χ4v) is 4.06. The highest BCUT2D eigenvalue weighted by Crippen LogP contribution is 2.52. The van der Waals surface area contributed by atoms with Crippen molar-refractivity contribution in [3.05, 3.63) is 6.33 Å². The summed E-state index contributed by atoms with van der Waals surface area (Å²) >= 11 is 0. The molecule has 0 aliphatic heterocycles. The van der Waals surface area contributed by atoms with E-state index in [0.717, 1.165) is 0 Å². The van der Waals surface area contributed by atoms with E-state index >= 15 is 0 Å². The van der Waals surface area contributed by atoms with Gasteiger partial charge in [0.15, 0.2) is 11.5 Å². The van der Waals surface area contributed by atoms with E-state index in [9.17, 15) is 14.2 Å². The number of imidazole rings is 1. The third-order valence-corrected chi connectivity index (χ3v) is 6.85. The molecule has 15 heteroatoms. The van der Waals surface area contributed by atoms with Gasteiger partial charge in [0, 0.05) is 0 Å². The second-order valence-corrected chi connectivity index (χ2v) is 12.9. The number of nitrogens with two attached hydrogens (primary N) is 2. The number of rotatable bonds is 11. The third kappa shape index (κ3) is 7.60. The van der Waals surface area contributed by atoms with Gasteiger partial charge in [-0.3, -0.25) is 23.2 Å². The van der Waals surface area contributed by atoms with Crippen LogP contribution in [0.2, 0.25) is 0 Å². The van der Waals surface area contributed by atoms with Crippen LogP contribution in [0.3, 0.4) is 0 Å². The van der Waals surface area contributed by atoms with Crippen molar-refractivity contribution in [1.29, 1.82) is 0 Å². The van der Waals surface area contributed by atoms with Gasteiger partial charge < -0.3 is 30.2 Å². The Labute approximate surface area is 214 Å². The molecule has 2 aromatic heterocycles. The fraction of sp³-hybridized carbons (Fsp3) is 0.682. The standard InChI is InChI=1S/C22H35N6O8P/c1-20(2,3)17(29)32-11-35-37(31,36-12-33-18(30)21(4,5)6)13-34-22(7-8-22)9-28-10-25-14-15(23)26-19(24)27-16(14)28/h10H,7-9,11-13H2,1-6H3,(H4,23,24,26,27). The first kappa shape index (κ1) is 28.8. The molecule has 14 nitrogen and oxygen atoms in total. The van der Waals surface area contributed by atoms with Gasteiger partial charge in [-0.05, 0) is 54.4 Å². The number of nitrogen functional groups attached to an aromatic ring is 2. The molecule has 0 radical (unpaired) electrons. The zero-order chi connectivity index (χ0) is 27.6. The summed E-state index contributed by atoms with van der Waals surface area (Å²) in [7, 11) is -4.01. The van der Waals surface area contributed by atoms with E-state index in [0.29, 0.717) is 30.6 Å². The fourth-order valence-electron chi connectivity index (χ4n) is 2.98. The molecular weight excluding hydrogens is 507 g/mol. The second kappa shape index (κ2) is 10.5. The third-order valence-electron chi connectivity index (χ3n) is 5.41. The maximum absolute atomic E-state index is 13.4. The Morgan fingerprint density at radius 2 is 1.54 bits per heavy atom. The van der Waals surface area contributed by atoms with Crippen LogP contribution in [0.1, 0.15) is 54.4 Å². The van der Waals surface area contributed by atoms with Gasteiger partial charge in [-0.1, -0.05) is 0 Å². The van der Waals surface area contributed by atoms with E-state index < -0.39 is 55.9 Å². The van der Waals surface area contributed by atoms with Crippen molar-refractivity contribution in [2.75, 3.05) is 31.4 Å². The van der Waals surface area contributed by atoms with Crippen molar-refractivity contribution >= 4 is 42.5 Å². The Hall–Kier alpha value is -2.80. The summed E-state index contributed by atoms with van der Waals surface area (Å²) < 4.78 is 41.9. The molecular formula is C22H35N6O8P. The lowest BCUT2D eigenvalue weighted by molar-refractivity contribution is -0.162. The Balaban J connectivity index is 1.67. The summed E-state index contributed by atoms with van der Waals surface area (Å²) in [5.41, 5.74) is 10.2. The Morgan fingerprint density at radius 3 is 2.03 bits per heavy atom. The number of hydrogen-bond acceptors (Lipinski definition) is 13. The lowest BCUT2D eigenvalue weighted by Crippen LogP contribution is -2.26. The highest BCUT2D eigenvalue weighted by molar-refractivity contribution is 7.53. The van der Waals surface area contributed by atoms with Crippen molar-refractivity contribution in [3.63, 3.8) is 0 Å². The average Bonchev–Trinajstić information content (AvgIpc) is 3.43. The van der Waals surface area contributed by atoms with Gasteiger partial charge in [-0.25, -0.2) is 4.98 Å². The van der Waals surface area contributed by atoms with Crippen molar-refractivity contribution in [2.45, 2.75) is 66.5 Å². The van der Waals surface area contributed by atoms with Crippen molar-refractivity contribution in [2.24, 2.45) is 10.8 Å². The summed E-state index contributed by atoms with van der Waals surface area (Å²) in [4.78, 5) is 36.4. The number of esters is 2. The number of ether oxygens (including phenoxy) is 3. The molecule has 3 rings (SSSR count). The predicted molar refractivity (Wildman–Crippen MR) is 133 cm³/mol. The largest absolute Gasteiger partial charge is 0.438 e. The Morgan fingerprint density at radius 1 is 1.00 bits per heavy atom. The van der Waals surface area contributed by atoms with E-state index in [4.69, 9.17) is 34.7 Å². The molecule has 0 amide bonds. The van der Waals surface area contributed by atoms with Gasteiger partial charge in [0.25, 0.3) is 0 Å². The van der Waals surface area contributed by atoms with Crippen LogP contribution in [0.15, 0.2) is 6.33 Å². The molecule has 0 aromatic carbocycles. The molecule has 1 saturated carbocycles. The van der Waals surface area contributed by atoms with Crippen LogP contribution in [-0.2, 0) is 44.0 Å². The Bertz CT molecular complexity index is 1160. The van der Waals surface area contributed by atoms with Crippen LogP contribution in [0.25, 0.3) is 11.2 Å². The number of carbonyl (C=O) groups excluding carboxylic acids is 2. The summed E-state index contributed by atoms with van der Waals surface area (Å²) in [5.74, 6) is -0.929. The Kier molecular flexibility index (Phi) is 8.18. The first-order valence-electron chi connectivity index (χ1n) is 11.6. The minimum absolute atomic E-state index is 0.0124. The van der Waals surface area contributed by atoms with Crippen LogP contribution < -0.4 is 11.5 Å². The molecule has 37 heavy (non-hydrogen) atoms. The first-order valence-corrected chi connectivity index (χ1v) is 13.4. The SMILES string of the molecule is CC(C)(C)C(=O)OCOP(=O)(COC1(Cn2cnc3c(N)nc(N)nc32)CC1)OCOC(=O)C(C)(C)C. The van der Waals surface area contributed by atoms with Crippen LogP contribution in [-0.4, -0.2) is 57.0 Å². The van der Waals surface area contributed by atoms with Crippen LogP contribution in [0.4, 0.5) is 11.8 Å². The summed E-state index contributed by atoms with van der Waals surface area (Å²) in [6.07, 6.45) is 2.38. The van der Waals surface area contributed by atoms with Crippen LogP contribution in [0.5, 0.6) is 0 Å². The van der Waals surface area contributed by atoms with Crippen molar-refractivity contribution < 1.29 is 37.4 Å². The monoisotopic (exact) mass is 542 g/mol. The van der Waals surface area contributed by atoms with Gasteiger partial charge in [0.05, 0.1) is 29.3 Å². The molecule has 2 aromatic rings. The predicted octanol–water partition coefficient (Wildman–Crippen LogP) is 2.82. The number of nitrogens with zero attached hydrogens (tertiary/aromatic N) is 4. The number of fused-ring (bicyclic) bond motifs is 1. The molecule has 0 spiro atoms. The lowest BCUT2D eigenvalue weighted by atomic mass is 9.98. The molecule has 0 bridgehead atoms. The first-order chi connectivity index (χ1) is 17.0. The van der Waals surface area contributed by atoms with Gasteiger partial charge in [0.1, 0.15) is 11.9 Å². The average molecular weight is 543 g/mol. The van der Waals surface area contributed by atoms with E-state index in [1.54, 1.807) is 52.4 Å². The maximum Gasteiger partial charge on any atom is 0.361 e. The highest BCUT2D eigenvalue weighted by Gasteiger charge is 2.47. The maximum atomic E-state index is 13.4. The highest BCUT2D eigenvalue weighted by atomic mass is 31.2. The van der Waals surface area contributed by atoms with Crippen LogP contribution in [0, 0.1) is 10.8 Å². The number of hydrogen-bond donors (Lipinski definition) is 2. The number of anilines is 2. The molecule has 4 N–H and O–H groups in total. The molecule has 2 heterocycles. The van der Waals surface area contributed by atoms with E-state index in [1.807, 2.05) is 0 Å². The minimum Gasteiger partial charge on any atom is -0.438 e. The normalized spacial score (nSPS) is 15.5.